The van der Waals surface area contributed by atoms with Crippen molar-refractivity contribution in [2.45, 2.75) is 45.5 Å². The van der Waals surface area contributed by atoms with E-state index < -0.39 is 64.2 Å². The average molecular weight is 482 g/mol. The minimum atomic E-state index is -4.88. The maximum atomic E-state index is 14.6. The molecule has 1 heterocycles. The predicted octanol–water partition coefficient (Wildman–Crippen LogP) is 2.17. The Labute approximate surface area is 182 Å². The van der Waals surface area contributed by atoms with E-state index in [0.717, 1.165) is 23.5 Å². The Balaban J connectivity index is 2.46. The summed E-state index contributed by atoms with van der Waals surface area (Å²) in [5, 5.41) is 0. The Kier molecular flexibility index (Phi) is 6.90. The summed E-state index contributed by atoms with van der Waals surface area (Å²) in [7, 11) is -2.23. The largest absolute Gasteiger partial charge is 0.409 e. The van der Waals surface area contributed by atoms with Crippen molar-refractivity contribution in [3.63, 3.8) is 0 Å². The Bertz CT molecular complexity index is 1060. The lowest BCUT2D eigenvalue weighted by atomic mass is 10.0. The van der Waals surface area contributed by atoms with E-state index in [-0.39, 0.29) is 20.9 Å². The van der Waals surface area contributed by atoms with Crippen molar-refractivity contribution >= 4 is 33.7 Å². The molecule has 0 aliphatic carbocycles. The zero-order valence-electron chi connectivity index (χ0n) is 17.8. The van der Waals surface area contributed by atoms with Crippen LogP contribution in [0.5, 0.6) is 0 Å². The number of imide groups is 1. The van der Waals surface area contributed by atoms with Gasteiger partial charge in [-0.1, -0.05) is 0 Å². The van der Waals surface area contributed by atoms with Crippen molar-refractivity contribution < 1.29 is 40.4 Å². The molecule has 1 aromatic carbocycles. The fourth-order valence-electron chi connectivity index (χ4n) is 2.96. The molecule has 1 aliphatic rings. The molecule has 0 spiro atoms. The summed E-state index contributed by atoms with van der Waals surface area (Å²) in [5.41, 5.74) is -1.18. The number of alkyl halides is 3. The molecule has 9 nitrogen and oxygen atoms in total. The van der Waals surface area contributed by atoms with E-state index in [9.17, 15) is 40.4 Å². The number of rotatable bonds is 5. The molecule has 4 amide bonds. The van der Waals surface area contributed by atoms with Crippen LogP contribution in [0.2, 0.25) is 0 Å². The molecule has 178 valence electrons. The van der Waals surface area contributed by atoms with Gasteiger partial charge >= 0.3 is 22.4 Å². The number of carbonyl (C=O) groups is 3. The molecule has 1 N–H and O–H groups in total. The minimum Gasteiger partial charge on any atom is -0.314 e. The second-order valence-electron chi connectivity index (χ2n) is 7.55. The zero-order valence-corrected chi connectivity index (χ0v) is 18.6. The average Bonchev–Trinajstić information content (AvgIpc) is 2.64. The van der Waals surface area contributed by atoms with E-state index >= 15 is 0 Å². The molecule has 0 bridgehead atoms. The summed E-state index contributed by atoms with van der Waals surface area (Å²) in [6.45, 7) is 4.40. The maximum Gasteiger partial charge on any atom is 0.409 e. The molecule has 1 fully saturated rings. The Morgan fingerprint density at radius 1 is 1.25 bits per heavy atom. The van der Waals surface area contributed by atoms with Crippen LogP contribution < -0.4 is 9.62 Å². The molecule has 1 atom stereocenters. The first kappa shape index (κ1) is 25.5. The quantitative estimate of drug-likeness (QED) is 0.648. The van der Waals surface area contributed by atoms with Gasteiger partial charge in [-0.2, -0.15) is 25.9 Å². The molecular weight excluding hydrogens is 460 g/mol. The van der Waals surface area contributed by atoms with Crippen LogP contribution in [0.1, 0.15) is 36.2 Å². The third-order valence-corrected chi connectivity index (χ3v) is 6.69. The fraction of sp³-hybridized carbons (Fsp3) is 0.500. The third-order valence-electron chi connectivity index (χ3n) is 5.06. The number of nitrogens with one attached hydrogen (secondary N) is 1. The lowest BCUT2D eigenvalue weighted by Crippen LogP contribution is -2.60. The first-order chi connectivity index (χ1) is 14.5. The van der Waals surface area contributed by atoms with Crippen molar-refractivity contribution in [1.82, 2.24) is 13.9 Å². The van der Waals surface area contributed by atoms with E-state index in [4.69, 9.17) is 0 Å². The molecule has 14 heteroatoms. The summed E-state index contributed by atoms with van der Waals surface area (Å²) in [4.78, 5) is 37.8. The SMILES string of the molecule is Cc1cc(F)c(N2C(=O)CC(C(F)(F)F)N(C)C2=O)cc1C(=O)NS(=O)(=O)N(C)C(C)C. The highest BCUT2D eigenvalue weighted by atomic mass is 32.2. The number of carbonyl (C=O) groups excluding carboxylic acids is 3. The van der Waals surface area contributed by atoms with Gasteiger partial charge in [0.05, 0.1) is 12.1 Å². The number of hydrogen-bond donors (Lipinski definition) is 1. The second-order valence-corrected chi connectivity index (χ2v) is 9.28. The van der Waals surface area contributed by atoms with Gasteiger partial charge in [0.1, 0.15) is 11.9 Å². The summed E-state index contributed by atoms with van der Waals surface area (Å²) < 4.78 is 81.1. The van der Waals surface area contributed by atoms with E-state index in [2.05, 4.69) is 0 Å². The van der Waals surface area contributed by atoms with E-state index in [1.165, 1.54) is 14.0 Å². The standard InChI is InChI=1S/C18H22F4N4O5S/c1-9(2)25(5)32(30,31)23-16(28)11-7-13(12(19)6-10(11)3)26-15(27)8-14(18(20,21)22)24(4)17(26)29/h6-7,9,14H,8H2,1-5H3,(H,23,28). The number of anilines is 1. The number of nitrogens with zero attached hydrogens (tertiary/aromatic N) is 3. The van der Waals surface area contributed by atoms with Crippen LogP contribution in [-0.2, 0) is 15.0 Å². The second kappa shape index (κ2) is 8.65. The highest BCUT2D eigenvalue weighted by Gasteiger charge is 2.51. The number of halogens is 4. The zero-order chi connectivity index (χ0) is 24.8. The number of amides is 4. The van der Waals surface area contributed by atoms with Gasteiger partial charge in [0.15, 0.2) is 0 Å². The number of hydrogen-bond acceptors (Lipinski definition) is 5. The molecular formula is C18H22F4N4O5S. The van der Waals surface area contributed by atoms with Gasteiger partial charge in [-0.05, 0) is 38.5 Å². The van der Waals surface area contributed by atoms with Gasteiger partial charge < -0.3 is 4.90 Å². The molecule has 32 heavy (non-hydrogen) atoms. The molecule has 0 saturated carbocycles. The number of urea groups is 1. The van der Waals surface area contributed by atoms with Crippen LogP contribution in [0, 0.1) is 12.7 Å². The van der Waals surface area contributed by atoms with Crippen LogP contribution in [0.15, 0.2) is 12.1 Å². The molecule has 0 aromatic heterocycles. The van der Waals surface area contributed by atoms with Crippen molar-refractivity contribution in [2.75, 3.05) is 19.0 Å². The van der Waals surface area contributed by atoms with Gasteiger partial charge in [-0.25, -0.2) is 18.8 Å². The predicted molar refractivity (Wildman–Crippen MR) is 106 cm³/mol. The van der Waals surface area contributed by atoms with E-state index in [1.807, 2.05) is 0 Å². The summed E-state index contributed by atoms with van der Waals surface area (Å²) in [6.07, 6.45) is -6.02. The topological polar surface area (TPSA) is 107 Å². The molecule has 1 aromatic rings. The Hall–Kier alpha value is -2.74. The summed E-state index contributed by atoms with van der Waals surface area (Å²) in [5.74, 6) is -3.65. The van der Waals surface area contributed by atoms with Crippen molar-refractivity contribution in [1.29, 1.82) is 0 Å². The van der Waals surface area contributed by atoms with Gasteiger partial charge in [-0.15, -0.1) is 0 Å². The minimum absolute atomic E-state index is 0.0235. The van der Waals surface area contributed by atoms with Gasteiger partial charge in [0, 0.05) is 25.7 Å². The Morgan fingerprint density at radius 2 is 1.81 bits per heavy atom. The van der Waals surface area contributed by atoms with Crippen LogP contribution >= 0.6 is 0 Å². The smallest absolute Gasteiger partial charge is 0.314 e. The third kappa shape index (κ3) is 4.85. The Morgan fingerprint density at radius 3 is 2.31 bits per heavy atom. The number of aryl methyl sites for hydroxylation is 1. The van der Waals surface area contributed by atoms with Crippen LogP contribution in [0.25, 0.3) is 0 Å². The normalized spacial score (nSPS) is 18.0. The molecule has 1 saturated heterocycles. The van der Waals surface area contributed by atoms with Gasteiger partial charge in [-0.3, -0.25) is 9.59 Å². The fourth-order valence-corrected chi connectivity index (χ4v) is 4.01. The van der Waals surface area contributed by atoms with Gasteiger partial charge in [0.2, 0.25) is 5.91 Å². The monoisotopic (exact) mass is 482 g/mol. The first-order valence-electron chi connectivity index (χ1n) is 9.25. The lowest BCUT2D eigenvalue weighted by Gasteiger charge is -2.38. The molecule has 2 rings (SSSR count). The highest BCUT2D eigenvalue weighted by Crippen LogP contribution is 2.34. The van der Waals surface area contributed by atoms with Gasteiger partial charge in [0.25, 0.3) is 5.91 Å². The van der Waals surface area contributed by atoms with Crippen molar-refractivity contribution in [3.8, 4) is 0 Å². The molecule has 0 radical (unpaired) electrons. The molecule has 1 aliphatic heterocycles. The molecule has 1 unspecified atom stereocenters. The summed E-state index contributed by atoms with van der Waals surface area (Å²) >= 11 is 0. The first-order valence-corrected chi connectivity index (χ1v) is 10.7. The van der Waals surface area contributed by atoms with E-state index in [1.54, 1.807) is 18.6 Å². The van der Waals surface area contributed by atoms with Crippen LogP contribution in [0.3, 0.4) is 0 Å². The summed E-state index contributed by atoms with van der Waals surface area (Å²) in [6, 6.07) is -2.79. The van der Waals surface area contributed by atoms with Crippen LogP contribution in [-0.4, -0.2) is 67.8 Å². The lowest BCUT2D eigenvalue weighted by molar-refractivity contribution is -0.179. The maximum absolute atomic E-state index is 14.6. The van der Waals surface area contributed by atoms with Crippen molar-refractivity contribution in [2.24, 2.45) is 0 Å². The number of benzene rings is 1. The van der Waals surface area contributed by atoms with Crippen LogP contribution in [0.4, 0.5) is 28.0 Å². The highest BCUT2D eigenvalue weighted by molar-refractivity contribution is 7.87. The van der Waals surface area contributed by atoms with Crippen molar-refractivity contribution in [3.05, 3.63) is 29.1 Å². The van der Waals surface area contributed by atoms with E-state index in [0.29, 0.717) is 0 Å².